The molecule has 0 aliphatic carbocycles. The van der Waals surface area contributed by atoms with E-state index in [4.69, 9.17) is 0 Å². The van der Waals surface area contributed by atoms with Crippen molar-refractivity contribution in [2.45, 2.75) is 12.6 Å². The fraction of sp³-hybridized carbons (Fsp3) is 1.00. The van der Waals surface area contributed by atoms with Crippen molar-refractivity contribution in [1.82, 2.24) is 4.31 Å². The molecule has 0 rings (SSSR count). The van der Waals surface area contributed by atoms with Crippen LogP contribution in [0, 0.1) is 0 Å². The smallest absolute Gasteiger partial charge is 0.0182 e. The number of rotatable bonds is 4. The first-order valence-electron chi connectivity index (χ1n) is 3.06. The van der Waals surface area contributed by atoms with Crippen LogP contribution < -0.4 is 0 Å². The lowest BCUT2D eigenvalue weighted by Crippen LogP contribution is -2.10. The summed E-state index contributed by atoms with van der Waals surface area (Å²) in [6, 6.07) is 1.46. The highest BCUT2D eigenvalue weighted by Gasteiger charge is 1.90. The van der Waals surface area contributed by atoms with Crippen LogP contribution in [0.25, 0.3) is 0 Å². The van der Waals surface area contributed by atoms with E-state index in [1.165, 1.54) is 12.6 Å². The van der Waals surface area contributed by atoms with Gasteiger partial charge < -0.3 is 0 Å². The van der Waals surface area contributed by atoms with E-state index in [0.717, 1.165) is 0 Å². The highest BCUT2D eigenvalue weighted by molar-refractivity contribution is 7.96. The summed E-state index contributed by atoms with van der Waals surface area (Å²) in [5, 5.41) is 0. The number of hydrogen-bond donors (Lipinski definition) is 0. The highest BCUT2D eigenvalue weighted by atomic mass is 32.2. The normalized spacial score (nSPS) is 12.0. The van der Waals surface area contributed by atoms with Gasteiger partial charge in [-0.1, -0.05) is 18.5 Å². The molecule has 0 aliphatic heterocycles. The van der Waals surface area contributed by atoms with Crippen molar-refractivity contribution in [3.8, 4) is 0 Å². The predicted molar refractivity (Wildman–Crippen MR) is 45.4 cm³/mol. The molecule has 0 atom stereocenters. The molecule has 0 bridgehead atoms. The summed E-state index contributed by atoms with van der Waals surface area (Å²) in [6.07, 6.45) is 2.12. The molecule has 0 N–H and O–H groups in total. The largest absolute Gasteiger partial charge is 0.254 e. The molecule has 0 heterocycles. The van der Waals surface area contributed by atoms with E-state index in [1.807, 2.05) is 11.9 Å². The SMILES string of the molecule is C[SiH2]CCN(C)SC. The topological polar surface area (TPSA) is 3.24 Å². The Labute approximate surface area is 58.8 Å². The molecular formula is C5H15NSSi. The van der Waals surface area contributed by atoms with Crippen molar-refractivity contribution in [2.24, 2.45) is 0 Å². The molecule has 0 unspecified atom stereocenters. The second kappa shape index (κ2) is 5.66. The molecule has 0 saturated heterocycles. The first-order chi connectivity index (χ1) is 3.81. The molecule has 0 radical (unpaired) electrons. The molecule has 0 fully saturated rings. The Morgan fingerprint density at radius 3 is 2.62 bits per heavy atom. The lowest BCUT2D eigenvalue weighted by Gasteiger charge is -2.10. The minimum Gasteiger partial charge on any atom is -0.254 e. The summed E-state index contributed by atoms with van der Waals surface area (Å²) in [5.41, 5.74) is 0. The monoisotopic (exact) mass is 149 g/mol. The van der Waals surface area contributed by atoms with Gasteiger partial charge in [0.2, 0.25) is 0 Å². The van der Waals surface area contributed by atoms with Crippen LogP contribution >= 0.6 is 11.9 Å². The summed E-state index contributed by atoms with van der Waals surface area (Å²) in [5.74, 6) is 0. The van der Waals surface area contributed by atoms with Gasteiger partial charge in [0.05, 0.1) is 0 Å². The van der Waals surface area contributed by atoms with Gasteiger partial charge in [0.25, 0.3) is 0 Å². The van der Waals surface area contributed by atoms with E-state index in [9.17, 15) is 0 Å². The maximum Gasteiger partial charge on any atom is 0.0182 e. The first kappa shape index (κ1) is 8.53. The zero-order valence-corrected chi connectivity index (χ0v) is 8.21. The Kier molecular flexibility index (Phi) is 6.03. The third kappa shape index (κ3) is 4.68. The molecule has 0 amide bonds. The van der Waals surface area contributed by atoms with E-state index in [2.05, 4.69) is 24.2 Å². The summed E-state index contributed by atoms with van der Waals surface area (Å²) >= 11 is 1.82. The second-order valence-electron chi connectivity index (χ2n) is 1.89. The van der Waals surface area contributed by atoms with Crippen LogP contribution in [0.4, 0.5) is 0 Å². The molecule has 8 heavy (non-hydrogen) atoms. The molecular weight excluding hydrogens is 134 g/mol. The Balaban J connectivity index is 2.86. The van der Waals surface area contributed by atoms with Gasteiger partial charge in [0.15, 0.2) is 0 Å². The van der Waals surface area contributed by atoms with Gasteiger partial charge in [-0.2, -0.15) is 0 Å². The molecule has 0 aromatic rings. The quantitative estimate of drug-likeness (QED) is 0.430. The van der Waals surface area contributed by atoms with Gasteiger partial charge in [-0.25, -0.2) is 0 Å². The van der Waals surface area contributed by atoms with Gasteiger partial charge in [0, 0.05) is 16.1 Å². The van der Waals surface area contributed by atoms with Crippen LogP contribution in [-0.4, -0.2) is 33.7 Å². The van der Waals surface area contributed by atoms with Crippen LogP contribution in [0.1, 0.15) is 0 Å². The molecule has 0 saturated carbocycles. The average Bonchev–Trinajstić information content (AvgIpc) is 1.83. The van der Waals surface area contributed by atoms with Crippen molar-refractivity contribution in [3.05, 3.63) is 0 Å². The Hall–Kier alpha value is 0.527. The average molecular weight is 149 g/mol. The van der Waals surface area contributed by atoms with Crippen molar-refractivity contribution >= 4 is 21.5 Å². The van der Waals surface area contributed by atoms with Gasteiger partial charge in [-0.3, -0.25) is 4.31 Å². The Morgan fingerprint density at radius 1 is 1.62 bits per heavy atom. The molecule has 50 valence electrons. The maximum absolute atomic E-state index is 2.36. The summed E-state index contributed by atoms with van der Waals surface area (Å²) in [4.78, 5) is 0. The van der Waals surface area contributed by atoms with Crippen LogP contribution in [-0.2, 0) is 0 Å². The zero-order valence-electron chi connectivity index (χ0n) is 5.98. The third-order valence-electron chi connectivity index (χ3n) is 1.14. The molecule has 3 heteroatoms. The minimum absolute atomic E-state index is 0.307. The molecule has 1 nitrogen and oxygen atoms in total. The zero-order chi connectivity index (χ0) is 6.41. The van der Waals surface area contributed by atoms with Gasteiger partial charge in [-0.05, 0) is 19.3 Å². The van der Waals surface area contributed by atoms with Crippen molar-refractivity contribution < 1.29 is 0 Å². The van der Waals surface area contributed by atoms with Gasteiger partial charge in [0.1, 0.15) is 0 Å². The van der Waals surface area contributed by atoms with Crippen molar-refractivity contribution in [2.75, 3.05) is 19.8 Å². The molecule has 0 aromatic carbocycles. The second-order valence-corrected chi connectivity index (χ2v) is 4.58. The Bertz CT molecular complexity index is 51.7. The van der Waals surface area contributed by atoms with Gasteiger partial charge >= 0.3 is 0 Å². The lowest BCUT2D eigenvalue weighted by molar-refractivity contribution is 0.603. The summed E-state index contributed by atoms with van der Waals surface area (Å²) < 4.78 is 2.29. The maximum atomic E-state index is 2.36. The predicted octanol–water partition coefficient (Wildman–Crippen LogP) is 0.831. The number of hydrogen-bond acceptors (Lipinski definition) is 2. The van der Waals surface area contributed by atoms with Gasteiger partial charge in [-0.15, -0.1) is 0 Å². The summed E-state index contributed by atoms with van der Waals surface area (Å²) in [7, 11) is 2.45. The standard InChI is InChI=1S/C5H15NSSi/c1-6(7-2)4-5-8-3/h4-5,8H2,1-3H3. The third-order valence-corrected chi connectivity index (χ3v) is 2.97. The fourth-order valence-electron chi connectivity index (χ4n) is 0.472. The lowest BCUT2D eigenvalue weighted by atomic mass is 10.8. The van der Waals surface area contributed by atoms with E-state index in [1.54, 1.807) is 0 Å². The molecule has 0 aromatic heterocycles. The van der Waals surface area contributed by atoms with Crippen LogP contribution in [0.3, 0.4) is 0 Å². The first-order valence-corrected chi connectivity index (χ1v) is 6.66. The minimum atomic E-state index is 0.307. The molecule has 0 aliphatic rings. The van der Waals surface area contributed by atoms with E-state index in [-0.39, 0.29) is 0 Å². The van der Waals surface area contributed by atoms with Crippen LogP contribution in [0.5, 0.6) is 0 Å². The Morgan fingerprint density at radius 2 is 2.25 bits per heavy atom. The van der Waals surface area contributed by atoms with E-state index in [0.29, 0.717) is 9.52 Å². The van der Waals surface area contributed by atoms with Crippen molar-refractivity contribution in [3.63, 3.8) is 0 Å². The van der Waals surface area contributed by atoms with E-state index < -0.39 is 0 Å². The highest BCUT2D eigenvalue weighted by Crippen LogP contribution is 1.99. The van der Waals surface area contributed by atoms with Crippen LogP contribution in [0.2, 0.25) is 12.6 Å². The number of nitrogens with zero attached hydrogens (tertiary/aromatic N) is 1. The van der Waals surface area contributed by atoms with E-state index >= 15 is 0 Å². The summed E-state index contributed by atoms with van der Waals surface area (Å²) in [6.45, 7) is 3.64. The van der Waals surface area contributed by atoms with Crippen molar-refractivity contribution in [1.29, 1.82) is 0 Å². The fourth-order valence-corrected chi connectivity index (χ4v) is 1.80. The molecule has 0 spiro atoms. The van der Waals surface area contributed by atoms with Crippen LogP contribution in [0.15, 0.2) is 0 Å².